The minimum absolute atomic E-state index is 0.0565. The van der Waals surface area contributed by atoms with Crippen molar-refractivity contribution in [2.24, 2.45) is 0 Å². The van der Waals surface area contributed by atoms with Crippen LogP contribution in [0.15, 0.2) is 12.1 Å². The van der Waals surface area contributed by atoms with E-state index in [1.165, 1.54) is 56.9 Å². The number of phenols is 1. The number of hydrogen-bond donors (Lipinski definition) is 2. The summed E-state index contributed by atoms with van der Waals surface area (Å²) in [7, 11) is 1.59. The van der Waals surface area contributed by atoms with Gasteiger partial charge in [0, 0.05) is 13.5 Å². The summed E-state index contributed by atoms with van der Waals surface area (Å²) in [5.74, 6) is 0.481. The first-order valence-electron chi connectivity index (χ1n) is 12.2. The molecule has 0 aliphatic heterocycles. The van der Waals surface area contributed by atoms with Crippen molar-refractivity contribution < 1.29 is 10.3 Å². The van der Waals surface area contributed by atoms with Gasteiger partial charge in [0.25, 0.3) is 0 Å². The van der Waals surface area contributed by atoms with Gasteiger partial charge in [-0.15, -0.1) is 0 Å². The van der Waals surface area contributed by atoms with Crippen molar-refractivity contribution in [1.82, 2.24) is 5.06 Å². The van der Waals surface area contributed by atoms with Crippen LogP contribution in [0.1, 0.15) is 122 Å². The molecule has 4 heteroatoms. The zero-order valence-electron chi connectivity index (χ0n) is 21.2. The van der Waals surface area contributed by atoms with Crippen LogP contribution >= 0.6 is 12.2 Å². The first-order chi connectivity index (χ1) is 14.3. The van der Waals surface area contributed by atoms with E-state index in [1.807, 2.05) is 0 Å². The quantitative estimate of drug-likeness (QED) is 0.192. The summed E-state index contributed by atoms with van der Waals surface area (Å²) in [4.78, 5) is 0.637. The normalized spacial score (nSPS) is 12.3. The van der Waals surface area contributed by atoms with Crippen molar-refractivity contribution in [3.63, 3.8) is 0 Å². The number of hydrogen-bond acceptors (Lipinski definition) is 3. The largest absolute Gasteiger partial charge is 0.507 e. The zero-order chi connectivity index (χ0) is 23.7. The number of rotatable bonds is 12. The third kappa shape index (κ3) is 10.4. The fourth-order valence-corrected chi connectivity index (χ4v) is 4.13. The Morgan fingerprint density at radius 2 is 1.16 bits per heavy atom. The second kappa shape index (κ2) is 12.8. The molecule has 3 nitrogen and oxygen atoms in total. The highest BCUT2D eigenvalue weighted by molar-refractivity contribution is 7.80. The lowest BCUT2D eigenvalue weighted by Crippen LogP contribution is -2.19. The molecule has 2 N–H and O–H groups in total. The van der Waals surface area contributed by atoms with Gasteiger partial charge in [0.05, 0.1) is 0 Å². The Bertz CT molecular complexity index is 648. The molecule has 0 aliphatic rings. The van der Waals surface area contributed by atoms with E-state index in [0.717, 1.165) is 35.5 Å². The SMILES string of the molecule is CN(O)C(=S)CCCCCCCCCCCc1cc(C(C)(C)C)c(O)c(C(C)(C)C)c1. The van der Waals surface area contributed by atoms with Crippen molar-refractivity contribution in [2.45, 2.75) is 123 Å². The molecule has 0 heterocycles. The molecular formula is C27H47NO2S. The summed E-state index contributed by atoms with van der Waals surface area (Å²) in [6.07, 6.45) is 13.1. The number of benzene rings is 1. The van der Waals surface area contributed by atoms with Gasteiger partial charge >= 0.3 is 0 Å². The highest BCUT2D eigenvalue weighted by Gasteiger charge is 2.26. The number of nitrogens with zero attached hydrogens (tertiary/aromatic N) is 1. The number of thiocarbonyl (C=S) groups is 1. The topological polar surface area (TPSA) is 43.7 Å². The predicted octanol–water partition coefficient (Wildman–Crippen LogP) is 8.08. The zero-order valence-corrected chi connectivity index (χ0v) is 22.0. The number of hydroxylamine groups is 2. The maximum atomic E-state index is 10.9. The number of aromatic hydroxyl groups is 1. The summed E-state index contributed by atoms with van der Waals surface area (Å²) in [6.45, 7) is 13.1. The first-order valence-corrected chi connectivity index (χ1v) is 12.6. The van der Waals surface area contributed by atoms with E-state index in [0.29, 0.717) is 10.7 Å². The van der Waals surface area contributed by atoms with Gasteiger partial charge in [-0.25, -0.2) is 0 Å². The van der Waals surface area contributed by atoms with Crippen LogP contribution in [0.25, 0.3) is 0 Å². The van der Waals surface area contributed by atoms with Crippen LogP contribution in [-0.2, 0) is 17.3 Å². The van der Waals surface area contributed by atoms with E-state index in [9.17, 15) is 10.3 Å². The van der Waals surface area contributed by atoms with E-state index in [1.54, 1.807) is 7.05 Å². The standard InChI is InChI=1S/C27H47NO2S/c1-26(2,3)22-19-21(20-23(25(22)29)27(4,5)6)17-15-13-11-9-8-10-12-14-16-18-24(31)28(7)30/h19-20,29-30H,8-18H2,1-7H3. The van der Waals surface area contributed by atoms with Crippen LogP contribution in [0.3, 0.4) is 0 Å². The van der Waals surface area contributed by atoms with Crippen molar-refractivity contribution in [1.29, 1.82) is 0 Å². The Kier molecular flexibility index (Phi) is 11.5. The van der Waals surface area contributed by atoms with Crippen molar-refractivity contribution >= 4 is 17.2 Å². The second-order valence-electron chi connectivity index (χ2n) is 11.1. The van der Waals surface area contributed by atoms with Gasteiger partial charge in [0.1, 0.15) is 10.7 Å². The molecule has 1 aromatic rings. The number of unbranched alkanes of at least 4 members (excludes halogenated alkanes) is 8. The lowest BCUT2D eigenvalue weighted by Gasteiger charge is -2.28. The molecule has 1 rings (SSSR count). The molecule has 0 aliphatic carbocycles. The molecule has 1 aromatic carbocycles. The van der Waals surface area contributed by atoms with Crippen LogP contribution in [0, 0.1) is 0 Å². The van der Waals surface area contributed by atoms with Gasteiger partial charge in [-0.2, -0.15) is 0 Å². The number of phenolic OH excluding ortho intramolecular Hbond substituents is 1. The smallest absolute Gasteiger partial charge is 0.123 e. The molecule has 0 aromatic heterocycles. The predicted molar refractivity (Wildman–Crippen MR) is 138 cm³/mol. The first kappa shape index (κ1) is 27.9. The Morgan fingerprint density at radius 3 is 1.55 bits per heavy atom. The molecule has 0 radical (unpaired) electrons. The van der Waals surface area contributed by atoms with Crippen molar-refractivity contribution in [2.75, 3.05) is 7.05 Å². The van der Waals surface area contributed by atoms with Crippen molar-refractivity contribution in [3.05, 3.63) is 28.8 Å². The lowest BCUT2D eigenvalue weighted by molar-refractivity contribution is 0.0142. The Morgan fingerprint density at radius 1 is 0.774 bits per heavy atom. The Labute approximate surface area is 197 Å². The van der Waals surface area contributed by atoms with Crippen LogP contribution in [-0.4, -0.2) is 27.4 Å². The third-order valence-electron chi connectivity index (χ3n) is 6.00. The summed E-state index contributed by atoms with van der Waals surface area (Å²) >= 11 is 5.09. The monoisotopic (exact) mass is 449 g/mol. The fourth-order valence-electron chi connectivity index (χ4n) is 3.99. The molecule has 0 fully saturated rings. The molecule has 0 bridgehead atoms. The highest BCUT2D eigenvalue weighted by atomic mass is 32.1. The van der Waals surface area contributed by atoms with Crippen LogP contribution in [0.2, 0.25) is 0 Å². The number of aryl methyl sites for hydroxylation is 1. The second-order valence-corrected chi connectivity index (χ2v) is 11.6. The Balaban J connectivity index is 2.34. The summed E-state index contributed by atoms with van der Waals surface area (Å²) in [5, 5.41) is 21.1. The summed E-state index contributed by atoms with van der Waals surface area (Å²) < 4.78 is 0. The van der Waals surface area contributed by atoms with Gasteiger partial charge < -0.3 is 5.11 Å². The minimum atomic E-state index is -0.0565. The maximum Gasteiger partial charge on any atom is 0.123 e. The molecular weight excluding hydrogens is 402 g/mol. The average molecular weight is 450 g/mol. The van der Waals surface area contributed by atoms with Crippen LogP contribution in [0.5, 0.6) is 5.75 Å². The van der Waals surface area contributed by atoms with Crippen LogP contribution < -0.4 is 0 Å². The summed E-state index contributed by atoms with van der Waals surface area (Å²) in [6, 6.07) is 4.45. The highest BCUT2D eigenvalue weighted by Crippen LogP contribution is 2.40. The molecule has 0 unspecified atom stereocenters. The molecule has 0 saturated carbocycles. The van der Waals surface area contributed by atoms with Gasteiger partial charge in [0.2, 0.25) is 0 Å². The summed E-state index contributed by atoms with van der Waals surface area (Å²) in [5.41, 5.74) is 3.39. The van der Waals surface area contributed by atoms with E-state index in [-0.39, 0.29) is 10.8 Å². The third-order valence-corrected chi connectivity index (χ3v) is 6.47. The molecule has 31 heavy (non-hydrogen) atoms. The molecule has 178 valence electrons. The van der Waals surface area contributed by atoms with E-state index in [2.05, 4.69) is 53.7 Å². The van der Waals surface area contributed by atoms with E-state index >= 15 is 0 Å². The molecule has 0 atom stereocenters. The Hall–Kier alpha value is -1.13. The van der Waals surface area contributed by atoms with E-state index in [4.69, 9.17) is 12.2 Å². The van der Waals surface area contributed by atoms with Gasteiger partial charge in [-0.05, 0) is 46.8 Å². The van der Waals surface area contributed by atoms with E-state index < -0.39 is 0 Å². The van der Waals surface area contributed by atoms with Gasteiger partial charge in [0.15, 0.2) is 0 Å². The molecule has 0 saturated heterocycles. The van der Waals surface area contributed by atoms with Gasteiger partial charge in [-0.1, -0.05) is 111 Å². The van der Waals surface area contributed by atoms with Gasteiger partial charge in [-0.3, -0.25) is 10.3 Å². The maximum absolute atomic E-state index is 10.9. The molecule has 0 spiro atoms. The van der Waals surface area contributed by atoms with Crippen LogP contribution in [0.4, 0.5) is 0 Å². The molecule has 0 amide bonds. The average Bonchev–Trinajstić information content (AvgIpc) is 2.64. The lowest BCUT2D eigenvalue weighted by atomic mass is 9.78. The fraction of sp³-hybridized carbons (Fsp3) is 0.741. The van der Waals surface area contributed by atoms with Crippen molar-refractivity contribution in [3.8, 4) is 5.75 Å². The minimum Gasteiger partial charge on any atom is -0.507 e.